The van der Waals surface area contributed by atoms with Gasteiger partial charge in [-0.05, 0) is 39.0 Å². The lowest BCUT2D eigenvalue weighted by atomic mass is 10.1. The van der Waals surface area contributed by atoms with Crippen molar-refractivity contribution in [3.8, 4) is 11.5 Å². The van der Waals surface area contributed by atoms with E-state index in [1.54, 1.807) is 12.1 Å². The Bertz CT molecular complexity index is 737. The van der Waals surface area contributed by atoms with E-state index in [1.807, 2.05) is 56.4 Å². The minimum Gasteiger partial charge on any atom is -0.490 e. The predicted molar refractivity (Wildman–Crippen MR) is 104 cm³/mol. The fourth-order valence-corrected chi connectivity index (χ4v) is 2.90. The van der Waals surface area contributed by atoms with Gasteiger partial charge in [0.2, 0.25) is 0 Å². The summed E-state index contributed by atoms with van der Waals surface area (Å²) >= 11 is 6.21. The Kier molecular flexibility index (Phi) is 7.75. The third-order valence-electron chi connectivity index (χ3n) is 3.88. The summed E-state index contributed by atoms with van der Waals surface area (Å²) in [7, 11) is 0. The van der Waals surface area contributed by atoms with Crippen molar-refractivity contribution in [2.45, 2.75) is 26.8 Å². The van der Waals surface area contributed by atoms with Crippen LogP contribution in [-0.2, 0) is 4.79 Å². The third-order valence-corrected chi connectivity index (χ3v) is 4.22. The van der Waals surface area contributed by atoms with Gasteiger partial charge in [0, 0.05) is 22.3 Å². The number of rotatable bonds is 9. The van der Waals surface area contributed by atoms with Crippen LogP contribution in [0.5, 0.6) is 11.5 Å². The molecule has 0 aliphatic heterocycles. The van der Waals surface area contributed by atoms with Crippen LogP contribution in [0.1, 0.15) is 32.4 Å². The molecule has 0 unspecified atom stereocenters. The van der Waals surface area contributed by atoms with Crippen molar-refractivity contribution in [1.29, 1.82) is 0 Å². The third kappa shape index (κ3) is 5.64. The fourth-order valence-electron chi connectivity index (χ4n) is 2.60. The summed E-state index contributed by atoms with van der Waals surface area (Å²) in [5.74, 6) is 1.21. The first-order chi connectivity index (χ1) is 12.5. The quantitative estimate of drug-likeness (QED) is 0.704. The molecule has 26 heavy (non-hydrogen) atoms. The van der Waals surface area contributed by atoms with E-state index >= 15 is 0 Å². The number of hydrogen-bond acceptors (Lipinski definition) is 3. The maximum atomic E-state index is 12.3. The molecule has 0 fully saturated rings. The van der Waals surface area contributed by atoms with Gasteiger partial charge in [0.1, 0.15) is 6.04 Å². The van der Waals surface area contributed by atoms with Gasteiger partial charge in [0.05, 0.1) is 13.2 Å². The molecule has 2 rings (SSSR count). The van der Waals surface area contributed by atoms with Gasteiger partial charge in [0.15, 0.2) is 18.0 Å². The van der Waals surface area contributed by atoms with Crippen molar-refractivity contribution < 1.29 is 19.6 Å². The standard InChI is InChI=1S/C20H25ClN2O3/c1-4-25-18-11-10-15(12-19(18)26-5-2)23-20(24)13-22-14(3)16-8-6-7-9-17(16)21/h6-12,14,22H,4-5,13H2,1-3H3,(H,23,24)/p+1/t14-/m0/s1. The van der Waals surface area contributed by atoms with Gasteiger partial charge in [-0.2, -0.15) is 0 Å². The van der Waals surface area contributed by atoms with Gasteiger partial charge in [0.25, 0.3) is 5.91 Å². The van der Waals surface area contributed by atoms with E-state index in [9.17, 15) is 4.79 Å². The number of ether oxygens (including phenoxy) is 2. The topological polar surface area (TPSA) is 64.2 Å². The molecule has 0 saturated carbocycles. The van der Waals surface area contributed by atoms with E-state index in [0.29, 0.717) is 42.0 Å². The fraction of sp³-hybridized carbons (Fsp3) is 0.350. The zero-order valence-corrected chi connectivity index (χ0v) is 16.2. The molecular weight excluding hydrogens is 352 g/mol. The summed E-state index contributed by atoms with van der Waals surface area (Å²) in [6.45, 7) is 7.23. The Labute approximate surface area is 159 Å². The van der Waals surface area contributed by atoms with Crippen LogP contribution >= 0.6 is 11.6 Å². The molecule has 0 aliphatic rings. The van der Waals surface area contributed by atoms with Gasteiger partial charge in [-0.1, -0.05) is 29.8 Å². The van der Waals surface area contributed by atoms with Gasteiger partial charge in [-0.3, -0.25) is 4.79 Å². The maximum Gasteiger partial charge on any atom is 0.279 e. The van der Waals surface area contributed by atoms with Gasteiger partial charge in [-0.15, -0.1) is 0 Å². The van der Waals surface area contributed by atoms with Gasteiger partial charge < -0.3 is 20.1 Å². The van der Waals surface area contributed by atoms with Crippen molar-refractivity contribution in [2.24, 2.45) is 0 Å². The normalized spacial score (nSPS) is 11.7. The number of quaternary nitrogens is 1. The maximum absolute atomic E-state index is 12.3. The second kappa shape index (κ2) is 10.0. The lowest BCUT2D eigenvalue weighted by molar-refractivity contribution is -0.682. The summed E-state index contributed by atoms with van der Waals surface area (Å²) in [4.78, 5) is 12.3. The average Bonchev–Trinajstić information content (AvgIpc) is 2.62. The SMILES string of the molecule is CCOc1ccc(NC(=O)C[NH2+][C@@H](C)c2ccccc2Cl)cc1OCC. The number of halogens is 1. The highest BCUT2D eigenvalue weighted by atomic mass is 35.5. The van der Waals surface area contributed by atoms with Crippen molar-refractivity contribution in [2.75, 3.05) is 25.1 Å². The van der Waals surface area contributed by atoms with E-state index in [0.717, 1.165) is 5.56 Å². The minimum atomic E-state index is -0.0875. The second-order valence-electron chi connectivity index (χ2n) is 5.83. The molecule has 0 heterocycles. The minimum absolute atomic E-state index is 0.0875. The Morgan fingerprint density at radius 3 is 2.50 bits per heavy atom. The van der Waals surface area contributed by atoms with Crippen molar-refractivity contribution in [3.63, 3.8) is 0 Å². The zero-order valence-electron chi connectivity index (χ0n) is 15.4. The first kappa shape index (κ1) is 20.1. The molecule has 140 valence electrons. The van der Waals surface area contributed by atoms with Crippen LogP contribution < -0.4 is 20.1 Å². The van der Waals surface area contributed by atoms with Crippen LogP contribution in [0.2, 0.25) is 5.02 Å². The van der Waals surface area contributed by atoms with E-state index in [4.69, 9.17) is 21.1 Å². The van der Waals surface area contributed by atoms with E-state index in [-0.39, 0.29) is 11.9 Å². The molecule has 0 saturated heterocycles. The average molecular weight is 378 g/mol. The number of amides is 1. The Hall–Kier alpha value is -2.24. The van der Waals surface area contributed by atoms with Gasteiger partial charge >= 0.3 is 0 Å². The second-order valence-corrected chi connectivity index (χ2v) is 6.23. The molecule has 0 aliphatic carbocycles. The predicted octanol–water partition coefficient (Wildman–Crippen LogP) is 3.40. The van der Waals surface area contributed by atoms with E-state index in [1.165, 1.54) is 0 Å². The molecule has 1 amide bonds. The molecular formula is C20H26ClN2O3+. The van der Waals surface area contributed by atoms with Crippen molar-refractivity contribution in [1.82, 2.24) is 0 Å². The van der Waals surface area contributed by atoms with Crippen molar-refractivity contribution >= 4 is 23.2 Å². The van der Waals surface area contributed by atoms with Crippen molar-refractivity contribution in [3.05, 3.63) is 53.1 Å². The number of carbonyl (C=O) groups excluding carboxylic acids is 1. The number of benzene rings is 2. The first-order valence-electron chi connectivity index (χ1n) is 8.82. The molecule has 5 nitrogen and oxygen atoms in total. The van der Waals surface area contributed by atoms with E-state index in [2.05, 4.69) is 5.32 Å². The number of carbonyl (C=O) groups is 1. The molecule has 0 spiro atoms. The number of nitrogens with two attached hydrogens (primary N) is 1. The smallest absolute Gasteiger partial charge is 0.279 e. The molecule has 2 aromatic rings. The molecule has 0 aromatic heterocycles. The summed E-state index contributed by atoms with van der Waals surface area (Å²) in [6, 6.07) is 13.2. The van der Waals surface area contributed by atoms with E-state index < -0.39 is 0 Å². The Morgan fingerprint density at radius 2 is 1.81 bits per heavy atom. The zero-order chi connectivity index (χ0) is 18.9. The summed E-state index contributed by atoms with van der Waals surface area (Å²) in [5.41, 5.74) is 1.70. The monoisotopic (exact) mass is 377 g/mol. The lowest BCUT2D eigenvalue weighted by Gasteiger charge is -2.14. The lowest BCUT2D eigenvalue weighted by Crippen LogP contribution is -2.86. The van der Waals surface area contributed by atoms with Crippen LogP contribution in [0, 0.1) is 0 Å². The van der Waals surface area contributed by atoms with Gasteiger partial charge in [-0.25, -0.2) is 0 Å². The molecule has 2 aromatic carbocycles. The molecule has 0 bridgehead atoms. The highest BCUT2D eigenvalue weighted by Gasteiger charge is 2.15. The molecule has 1 atom stereocenters. The molecule has 0 radical (unpaired) electrons. The first-order valence-corrected chi connectivity index (χ1v) is 9.20. The van der Waals surface area contributed by atoms with Crippen LogP contribution in [0.25, 0.3) is 0 Å². The Balaban J connectivity index is 1.95. The van der Waals surface area contributed by atoms with Crippen LogP contribution in [-0.4, -0.2) is 25.7 Å². The van der Waals surface area contributed by atoms with Crippen LogP contribution in [0.3, 0.4) is 0 Å². The summed E-state index contributed by atoms with van der Waals surface area (Å²) in [5, 5.41) is 5.56. The Morgan fingerprint density at radius 1 is 1.12 bits per heavy atom. The molecule has 3 N–H and O–H groups in total. The largest absolute Gasteiger partial charge is 0.490 e. The van der Waals surface area contributed by atoms with Crippen LogP contribution in [0.15, 0.2) is 42.5 Å². The number of nitrogens with one attached hydrogen (secondary N) is 1. The molecule has 6 heteroatoms. The number of anilines is 1. The summed E-state index contributed by atoms with van der Waals surface area (Å²) < 4.78 is 11.1. The highest BCUT2D eigenvalue weighted by Crippen LogP contribution is 2.30. The summed E-state index contributed by atoms with van der Waals surface area (Å²) in [6.07, 6.45) is 0. The van der Waals surface area contributed by atoms with Crippen LogP contribution in [0.4, 0.5) is 5.69 Å². The number of hydrogen-bond donors (Lipinski definition) is 2. The highest BCUT2D eigenvalue weighted by molar-refractivity contribution is 6.31.